The second-order valence-corrected chi connectivity index (χ2v) is 17.8. The maximum Gasteiger partial charge on any atom is 0.380 e. The van der Waals surface area contributed by atoms with Crippen LogP contribution in [0.5, 0.6) is 0 Å². The largest absolute Gasteiger partial charge is 0.380 e. The van der Waals surface area contributed by atoms with Crippen LogP contribution in [0.2, 0.25) is 0 Å². The molecule has 6 heteroatoms. The van der Waals surface area contributed by atoms with Crippen LogP contribution in [-0.2, 0) is 10.8 Å². The summed E-state index contributed by atoms with van der Waals surface area (Å²) < 4.78 is 7.51. The van der Waals surface area contributed by atoms with Crippen molar-refractivity contribution in [3.8, 4) is 11.4 Å². The summed E-state index contributed by atoms with van der Waals surface area (Å²) in [5, 5.41) is 2.59. The molecule has 0 radical (unpaired) electrons. The molecule has 5 aromatic carbocycles. The second-order valence-electron chi connectivity index (χ2n) is 17.8. The Hall–Kier alpha value is -6.92. The number of allylic oxidation sites excluding steroid dienone is 6. The van der Waals surface area contributed by atoms with Gasteiger partial charge in [-0.25, -0.2) is 0 Å². The van der Waals surface area contributed by atoms with Gasteiger partial charge in [-0.05, 0) is 64.3 Å². The van der Waals surface area contributed by atoms with Crippen LogP contribution in [-0.4, -0.2) is 32.0 Å². The van der Waals surface area contributed by atoms with Gasteiger partial charge in [0.2, 0.25) is 0 Å². The smallest absolute Gasteiger partial charge is 0.321 e. The molecule has 7 aliphatic rings. The van der Waals surface area contributed by atoms with E-state index >= 15 is 0 Å². The summed E-state index contributed by atoms with van der Waals surface area (Å²) in [4.78, 5) is 13.7. The van der Waals surface area contributed by atoms with Gasteiger partial charge < -0.3 is 9.47 Å². The third-order valence-electron chi connectivity index (χ3n) is 14.3. The summed E-state index contributed by atoms with van der Waals surface area (Å²) >= 11 is 0. The standard InChI is InChI=1S/C52H38N6/c1-51(2)34-20-8-16-30-32-18-10-24-38-46(32)57(44(30)34)48-36(51)22-12-26-40(48)55(38)42-28-43(54-50(53-42)29-14-6-5-7-15-29)56-39-25-11-19-33-31-17-9-21-35-45(31)58(47(33)39)49-37(52(35,3)4)23-13-27-41(49)56/h5-28,46,49H,1-4H3/q+2. The van der Waals surface area contributed by atoms with E-state index in [1.807, 2.05) is 0 Å². The molecule has 274 valence electrons. The number of para-hydroxylation sites is 4. The van der Waals surface area contributed by atoms with Gasteiger partial charge >= 0.3 is 17.5 Å². The Morgan fingerprint density at radius 3 is 2.02 bits per heavy atom. The van der Waals surface area contributed by atoms with E-state index in [0.717, 1.165) is 28.6 Å². The highest BCUT2D eigenvalue weighted by atomic mass is 15.3. The zero-order chi connectivity index (χ0) is 38.4. The zero-order valence-electron chi connectivity index (χ0n) is 32.7. The summed E-state index contributed by atoms with van der Waals surface area (Å²) in [6, 6.07) is 40.2. The molecule has 14 rings (SSSR count). The second kappa shape index (κ2) is 10.1. The van der Waals surface area contributed by atoms with E-state index in [0.29, 0.717) is 5.82 Å². The number of hydrogen-bond acceptors (Lipinski definition) is 3. The van der Waals surface area contributed by atoms with E-state index in [1.165, 1.54) is 78.0 Å². The summed E-state index contributed by atoms with van der Waals surface area (Å²) in [7, 11) is 0. The minimum atomic E-state index is -0.183. The highest BCUT2D eigenvalue weighted by Crippen LogP contribution is 2.62. The molecule has 2 aliphatic carbocycles. The first kappa shape index (κ1) is 31.2. The van der Waals surface area contributed by atoms with Crippen molar-refractivity contribution >= 4 is 73.2 Å². The Bertz CT molecular complexity index is 3340. The van der Waals surface area contributed by atoms with Gasteiger partial charge in [0.05, 0.1) is 28.0 Å². The van der Waals surface area contributed by atoms with Crippen LogP contribution < -0.4 is 14.1 Å². The van der Waals surface area contributed by atoms with Gasteiger partial charge in [0, 0.05) is 37.1 Å². The highest BCUT2D eigenvalue weighted by Gasteiger charge is 2.54. The molecule has 6 nitrogen and oxygen atoms in total. The number of benzene rings is 5. The van der Waals surface area contributed by atoms with Crippen LogP contribution in [0.3, 0.4) is 0 Å². The first-order chi connectivity index (χ1) is 28.3. The van der Waals surface area contributed by atoms with E-state index in [4.69, 9.17) is 9.97 Å². The third kappa shape index (κ3) is 3.46. The quantitative estimate of drug-likeness (QED) is 0.169. The minimum absolute atomic E-state index is 0.0323. The first-order valence-electron chi connectivity index (χ1n) is 20.5. The number of hydrogen-bond donors (Lipinski definition) is 0. The number of anilines is 2. The number of aromatic nitrogens is 3. The zero-order valence-corrected chi connectivity index (χ0v) is 32.7. The van der Waals surface area contributed by atoms with Crippen LogP contribution in [0.25, 0.3) is 38.8 Å². The lowest BCUT2D eigenvalue weighted by molar-refractivity contribution is 0.528. The molecule has 0 N–H and O–H groups in total. The van der Waals surface area contributed by atoms with Gasteiger partial charge in [0.15, 0.2) is 11.4 Å². The van der Waals surface area contributed by atoms with Crippen molar-refractivity contribution < 1.29 is 0 Å². The monoisotopic (exact) mass is 746 g/mol. The lowest BCUT2D eigenvalue weighted by Gasteiger charge is -2.44. The first-order valence-corrected chi connectivity index (χ1v) is 20.5. The molecule has 5 aliphatic heterocycles. The number of fused-ring (bicyclic) bond motifs is 2. The van der Waals surface area contributed by atoms with Crippen molar-refractivity contribution in [3.63, 3.8) is 0 Å². The van der Waals surface area contributed by atoms with E-state index in [2.05, 4.69) is 192 Å². The molecule has 58 heavy (non-hydrogen) atoms. The van der Waals surface area contributed by atoms with E-state index in [9.17, 15) is 0 Å². The maximum absolute atomic E-state index is 5.54. The highest BCUT2D eigenvalue weighted by molar-refractivity contribution is 6.23. The van der Waals surface area contributed by atoms with E-state index in [-0.39, 0.29) is 22.9 Å². The Balaban J connectivity index is 1.09. The average molecular weight is 747 g/mol. The molecule has 0 fully saturated rings. The van der Waals surface area contributed by atoms with Gasteiger partial charge in [0.1, 0.15) is 29.6 Å². The third-order valence-corrected chi connectivity index (χ3v) is 14.3. The Morgan fingerprint density at radius 2 is 1.21 bits per heavy atom. The van der Waals surface area contributed by atoms with Crippen LogP contribution in [0, 0.1) is 0 Å². The van der Waals surface area contributed by atoms with Crippen molar-refractivity contribution in [2.45, 2.75) is 50.6 Å². The van der Waals surface area contributed by atoms with Gasteiger partial charge in [-0.3, -0.25) is 0 Å². The molecule has 2 unspecified atom stereocenters. The maximum atomic E-state index is 5.54. The molecule has 7 heterocycles. The van der Waals surface area contributed by atoms with Crippen LogP contribution in [0.1, 0.15) is 56.0 Å². The van der Waals surface area contributed by atoms with Gasteiger partial charge in [-0.1, -0.05) is 131 Å². The summed E-state index contributed by atoms with van der Waals surface area (Å²) in [5.74, 6) is 2.42. The topological polar surface area (TPSA) is 40.0 Å². The molecule has 0 saturated heterocycles. The molecule has 0 spiro atoms. The van der Waals surface area contributed by atoms with Crippen LogP contribution in [0.15, 0.2) is 151 Å². The summed E-state index contributed by atoms with van der Waals surface area (Å²) in [6.45, 7) is 9.55. The van der Waals surface area contributed by atoms with Crippen molar-refractivity contribution in [3.05, 3.63) is 173 Å². The Kier molecular flexibility index (Phi) is 5.45. The van der Waals surface area contributed by atoms with Crippen molar-refractivity contribution in [1.29, 1.82) is 0 Å². The predicted octanol–water partition coefficient (Wildman–Crippen LogP) is 11.3. The molecule has 0 bridgehead atoms. The van der Waals surface area contributed by atoms with Gasteiger partial charge in [-0.15, -0.1) is 0 Å². The van der Waals surface area contributed by atoms with Crippen LogP contribution >= 0.6 is 0 Å². The molecule has 0 amide bonds. The molecule has 7 aromatic rings. The lowest BCUT2D eigenvalue weighted by atomic mass is 9.69. The summed E-state index contributed by atoms with van der Waals surface area (Å²) in [5.41, 5.74) is 18.7. The predicted molar refractivity (Wildman–Crippen MR) is 237 cm³/mol. The lowest BCUT2D eigenvalue weighted by Crippen LogP contribution is -2.46. The fraction of sp³-hybridized carbons (Fsp3) is 0.154. The molecular weight excluding hydrogens is 709 g/mol. The molecule has 2 atom stereocenters. The SMILES string of the molecule is CC1(C)C2=CC=CC3=[N+](c4cc([N+]5=C6C=CC=C7c8cccc9c8N(c8c5cccc8C9(C)C)C76)nc(-c5ccccc5)n4)c4cccc5c6cccc1c6n(c45)C23. The number of nitrogens with zero attached hydrogens (tertiary/aromatic N) is 6. The summed E-state index contributed by atoms with van der Waals surface area (Å²) in [6.07, 6.45) is 13.8. The Morgan fingerprint density at radius 1 is 0.569 bits per heavy atom. The van der Waals surface area contributed by atoms with Crippen molar-refractivity contribution in [2.24, 2.45) is 0 Å². The van der Waals surface area contributed by atoms with Gasteiger partial charge in [0.25, 0.3) is 0 Å². The van der Waals surface area contributed by atoms with Crippen molar-refractivity contribution in [1.82, 2.24) is 23.7 Å². The van der Waals surface area contributed by atoms with Crippen molar-refractivity contribution in [2.75, 3.05) is 4.90 Å². The van der Waals surface area contributed by atoms with E-state index < -0.39 is 0 Å². The Labute approximate surface area is 336 Å². The fourth-order valence-corrected chi connectivity index (χ4v) is 11.8. The van der Waals surface area contributed by atoms with Gasteiger partial charge in [-0.2, -0.15) is 9.15 Å². The molecular formula is C52H38N6+2. The van der Waals surface area contributed by atoms with E-state index in [1.54, 1.807) is 0 Å². The fourth-order valence-electron chi connectivity index (χ4n) is 11.8. The normalized spacial score (nSPS) is 21.3. The molecule has 0 saturated carbocycles. The van der Waals surface area contributed by atoms with Crippen LogP contribution in [0.4, 0.5) is 34.4 Å². The average Bonchev–Trinajstić information content (AvgIpc) is 3.78. The minimum Gasteiger partial charge on any atom is -0.321 e. The number of rotatable bonds is 3. The molecule has 2 aromatic heterocycles.